The van der Waals surface area contributed by atoms with E-state index in [0.29, 0.717) is 5.69 Å². The molecular formula is C15H22N2O2. The molecule has 0 aliphatic carbocycles. The number of rotatable bonds is 2. The molecule has 1 aromatic carbocycles. The van der Waals surface area contributed by atoms with Gasteiger partial charge in [-0.05, 0) is 42.5 Å². The van der Waals surface area contributed by atoms with Crippen LogP contribution in [0.5, 0.6) is 5.75 Å². The predicted molar refractivity (Wildman–Crippen MR) is 76.5 cm³/mol. The highest BCUT2D eigenvalue weighted by Gasteiger charge is 2.23. The predicted octanol–water partition coefficient (Wildman–Crippen LogP) is 2.38. The number of nitrogens with one attached hydrogen (secondary N) is 2. The lowest BCUT2D eigenvalue weighted by molar-refractivity contribution is -0.117. The van der Waals surface area contributed by atoms with Gasteiger partial charge in [-0.3, -0.25) is 4.79 Å². The Morgan fingerprint density at radius 1 is 1.42 bits per heavy atom. The standard InChI is InChI=1S/C15H22N2O2/c1-15(2,3)10-6-7-13(18)12(9-10)17-14(19)11-5-4-8-16-11/h6-7,9,11,16,18H,4-5,8H2,1-3H3,(H,17,19)/t11-/m0/s1. The summed E-state index contributed by atoms with van der Waals surface area (Å²) >= 11 is 0. The topological polar surface area (TPSA) is 61.4 Å². The fourth-order valence-corrected chi connectivity index (χ4v) is 2.23. The second kappa shape index (κ2) is 5.21. The maximum absolute atomic E-state index is 12.0. The van der Waals surface area contributed by atoms with Crippen LogP contribution in [-0.2, 0) is 10.2 Å². The fourth-order valence-electron chi connectivity index (χ4n) is 2.23. The lowest BCUT2D eigenvalue weighted by Crippen LogP contribution is -2.35. The van der Waals surface area contributed by atoms with Crippen molar-refractivity contribution in [3.8, 4) is 5.75 Å². The van der Waals surface area contributed by atoms with Gasteiger partial charge in [0.15, 0.2) is 0 Å². The van der Waals surface area contributed by atoms with Gasteiger partial charge >= 0.3 is 0 Å². The average Bonchev–Trinajstić information content (AvgIpc) is 2.84. The first-order chi connectivity index (χ1) is 8.88. The summed E-state index contributed by atoms with van der Waals surface area (Å²) in [6.07, 6.45) is 1.87. The van der Waals surface area contributed by atoms with Crippen molar-refractivity contribution in [3.63, 3.8) is 0 Å². The van der Waals surface area contributed by atoms with Crippen molar-refractivity contribution in [2.75, 3.05) is 11.9 Å². The van der Waals surface area contributed by atoms with Gasteiger partial charge in [0.2, 0.25) is 5.91 Å². The number of carbonyl (C=O) groups is 1. The van der Waals surface area contributed by atoms with Crippen molar-refractivity contribution in [2.45, 2.75) is 45.1 Å². The molecule has 1 aliphatic rings. The van der Waals surface area contributed by atoms with Crippen molar-refractivity contribution >= 4 is 11.6 Å². The first-order valence-corrected chi connectivity index (χ1v) is 6.75. The molecule has 0 radical (unpaired) electrons. The third-order valence-corrected chi connectivity index (χ3v) is 3.50. The minimum absolute atomic E-state index is 0.0151. The van der Waals surface area contributed by atoms with Crippen molar-refractivity contribution < 1.29 is 9.90 Å². The van der Waals surface area contributed by atoms with E-state index in [2.05, 4.69) is 31.4 Å². The average molecular weight is 262 g/mol. The number of phenols is 1. The molecule has 1 aromatic rings. The Balaban J connectivity index is 2.17. The highest BCUT2D eigenvalue weighted by atomic mass is 16.3. The molecule has 0 bridgehead atoms. The molecule has 1 aliphatic heterocycles. The van der Waals surface area contributed by atoms with Gasteiger partial charge in [-0.15, -0.1) is 0 Å². The maximum atomic E-state index is 12.0. The molecule has 1 saturated heterocycles. The molecule has 4 heteroatoms. The Morgan fingerprint density at radius 3 is 2.74 bits per heavy atom. The van der Waals surface area contributed by atoms with Crippen LogP contribution in [0.15, 0.2) is 18.2 Å². The van der Waals surface area contributed by atoms with Crippen LogP contribution in [-0.4, -0.2) is 23.6 Å². The lowest BCUT2D eigenvalue weighted by atomic mass is 9.87. The normalized spacial score (nSPS) is 19.4. The smallest absolute Gasteiger partial charge is 0.241 e. The molecule has 2 rings (SSSR count). The van der Waals surface area contributed by atoms with Crippen LogP contribution in [0.2, 0.25) is 0 Å². The summed E-state index contributed by atoms with van der Waals surface area (Å²) in [4.78, 5) is 12.0. The Kier molecular flexibility index (Phi) is 3.80. The van der Waals surface area contributed by atoms with E-state index in [-0.39, 0.29) is 23.1 Å². The number of phenolic OH excluding ortho intramolecular Hbond substituents is 1. The van der Waals surface area contributed by atoms with Crippen LogP contribution < -0.4 is 10.6 Å². The lowest BCUT2D eigenvalue weighted by Gasteiger charge is -2.21. The van der Waals surface area contributed by atoms with Crippen LogP contribution in [0.1, 0.15) is 39.2 Å². The van der Waals surface area contributed by atoms with Crippen LogP contribution >= 0.6 is 0 Å². The van der Waals surface area contributed by atoms with Gasteiger partial charge in [-0.25, -0.2) is 0 Å². The summed E-state index contributed by atoms with van der Waals surface area (Å²) in [7, 11) is 0. The number of hydrogen-bond acceptors (Lipinski definition) is 3. The molecule has 0 aromatic heterocycles. The van der Waals surface area contributed by atoms with E-state index in [9.17, 15) is 9.90 Å². The zero-order chi connectivity index (χ0) is 14.0. The number of hydrogen-bond donors (Lipinski definition) is 3. The minimum atomic E-state index is -0.141. The quantitative estimate of drug-likeness (QED) is 0.717. The molecule has 0 unspecified atom stereocenters. The summed E-state index contributed by atoms with van der Waals surface area (Å²) in [5.41, 5.74) is 1.56. The Bertz CT molecular complexity index is 472. The summed E-state index contributed by atoms with van der Waals surface area (Å²) in [6, 6.07) is 5.23. The van der Waals surface area contributed by atoms with Gasteiger partial charge < -0.3 is 15.7 Å². The Hall–Kier alpha value is -1.55. The zero-order valence-corrected chi connectivity index (χ0v) is 11.8. The highest BCUT2D eigenvalue weighted by molar-refractivity contribution is 5.96. The molecule has 0 spiro atoms. The fraction of sp³-hybridized carbons (Fsp3) is 0.533. The SMILES string of the molecule is CC(C)(C)c1ccc(O)c(NC(=O)[C@@H]2CCCN2)c1. The summed E-state index contributed by atoms with van der Waals surface area (Å²) in [6.45, 7) is 7.18. The number of aromatic hydroxyl groups is 1. The monoisotopic (exact) mass is 262 g/mol. The van der Waals surface area contributed by atoms with Crippen molar-refractivity contribution in [1.29, 1.82) is 0 Å². The molecule has 19 heavy (non-hydrogen) atoms. The molecule has 1 fully saturated rings. The largest absolute Gasteiger partial charge is 0.506 e. The second-order valence-electron chi connectivity index (χ2n) is 6.12. The number of carbonyl (C=O) groups excluding carboxylic acids is 1. The van der Waals surface area contributed by atoms with Crippen molar-refractivity contribution in [1.82, 2.24) is 5.32 Å². The van der Waals surface area contributed by atoms with E-state index < -0.39 is 0 Å². The number of anilines is 1. The third kappa shape index (κ3) is 3.26. The molecule has 104 valence electrons. The summed E-state index contributed by atoms with van der Waals surface area (Å²) < 4.78 is 0. The van der Waals surface area contributed by atoms with Gasteiger partial charge in [0.1, 0.15) is 5.75 Å². The minimum Gasteiger partial charge on any atom is -0.506 e. The van der Waals surface area contributed by atoms with E-state index in [4.69, 9.17) is 0 Å². The zero-order valence-electron chi connectivity index (χ0n) is 11.8. The molecule has 3 N–H and O–H groups in total. The molecule has 1 heterocycles. The number of amides is 1. The Labute approximate surface area is 114 Å². The number of benzene rings is 1. The van der Waals surface area contributed by atoms with Crippen LogP contribution in [0.4, 0.5) is 5.69 Å². The van der Waals surface area contributed by atoms with Gasteiger partial charge in [-0.2, -0.15) is 0 Å². The first kappa shape index (κ1) is 13.9. The van der Waals surface area contributed by atoms with E-state index in [1.807, 2.05) is 12.1 Å². The molecular weight excluding hydrogens is 240 g/mol. The van der Waals surface area contributed by atoms with Crippen LogP contribution in [0.3, 0.4) is 0 Å². The van der Waals surface area contributed by atoms with Gasteiger partial charge in [-0.1, -0.05) is 26.8 Å². The summed E-state index contributed by atoms with van der Waals surface area (Å²) in [5.74, 6) is 0.0400. The highest BCUT2D eigenvalue weighted by Crippen LogP contribution is 2.30. The second-order valence-corrected chi connectivity index (χ2v) is 6.12. The molecule has 1 atom stereocenters. The summed E-state index contributed by atoms with van der Waals surface area (Å²) in [5, 5.41) is 15.8. The molecule has 4 nitrogen and oxygen atoms in total. The maximum Gasteiger partial charge on any atom is 0.241 e. The first-order valence-electron chi connectivity index (χ1n) is 6.75. The van der Waals surface area contributed by atoms with E-state index in [0.717, 1.165) is 24.9 Å². The van der Waals surface area contributed by atoms with E-state index >= 15 is 0 Å². The molecule has 0 saturated carbocycles. The van der Waals surface area contributed by atoms with Gasteiger partial charge in [0.05, 0.1) is 11.7 Å². The van der Waals surface area contributed by atoms with Crippen LogP contribution in [0.25, 0.3) is 0 Å². The molecule has 1 amide bonds. The van der Waals surface area contributed by atoms with Crippen LogP contribution in [0, 0.1) is 0 Å². The van der Waals surface area contributed by atoms with E-state index in [1.54, 1.807) is 6.07 Å². The Morgan fingerprint density at radius 2 is 2.16 bits per heavy atom. The van der Waals surface area contributed by atoms with Gasteiger partial charge in [0.25, 0.3) is 0 Å². The van der Waals surface area contributed by atoms with Crippen molar-refractivity contribution in [2.24, 2.45) is 0 Å². The van der Waals surface area contributed by atoms with E-state index in [1.165, 1.54) is 0 Å². The van der Waals surface area contributed by atoms with Crippen molar-refractivity contribution in [3.05, 3.63) is 23.8 Å². The third-order valence-electron chi connectivity index (χ3n) is 3.50. The van der Waals surface area contributed by atoms with Gasteiger partial charge in [0, 0.05) is 0 Å².